The number of amides is 1. The standard InChI is InChI=1S/C20H21N3O2/c24-16-8-6-13(7-9-16)15-10-18(17-12-21-23-19(17)11-15)22-20(25)14-4-2-1-3-5-14/h6-12,14,24H,1-5H2,(H,21,23)(H,22,25). The van der Waals surface area contributed by atoms with Gasteiger partial charge in [-0.2, -0.15) is 5.10 Å². The molecule has 5 nitrogen and oxygen atoms in total. The van der Waals surface area contributed by atoms with Crippen LogP contribution in [0.2, 0.25) is 0 Å². The predicted octanol–water partition coefficient (Wildman–Crippen LogP) is 4.45. The third-order valence-corrected chi connectivity index (χ3v) is 4.99. The minimum atomic E-state index is 0.102. The molecule has 25 heavy (non-hydrogen) atoms. The van der Waals surface area contributed by atoms with Crippen molar-refractivity contribution < 1.29 is 9.90 Å². The number of rotatable bonds is 3. The molecule has 0 atom stereocenters. The third kappa shape index (κ3) is 3.22. The molecule has 1 aliphatic carbocycles. The molecule has 0 aliphatic heterocycles. The summed E-state index contributed by atoms with van der Waals surface area (Å²) >= 11 is 0. The Labute approximate surface area is 146 Å². The van der Waals surface area contributed by atoms with Gasteiger partial charge in [0.25, 0.3) is 0 Å². The highest BCUT2D eigenvalue weighted by atomic mass is 16.3. The van der Waals surface area contributed by atoms with Gasteiger partial charge in [0.05, 0.1) is 17.4 Å². The molecule has 128 valence electrons. The summed E-state index contributed by atoms with van der Waals surface area (Å²) in [6.45, 7) is 0. The Hall–Kier alpha value is -2.82. The Morgan fingerprint density at radius 1 is 1.08 bits per heavy atom. The molecule has 2 aromatic carbocycles. The molecular weight excluding hydrogens is 314 g/mol. The maximum Gasteiger partial charge on any atom is 0.227 e. The zero-order chi connectivity index (χ0) is 17.2. The highest BCUT2D eigenvalue weighted by Gasteiger charge is 2.22. The minimum Gasteiger partial charge on any atom is -0.508 e. The van der Waals surface area contributed by atoms with E-state index in [1.54, 1.807) is 18.3 Å². The van der Waals surface area contributed by atoms with Gasteiger partial charge in [-0.15, -0.1) is 0 Å². The van der Waals surface area contributed by atoms with Crippen LogP contribution < -0.4 is 5.32 Å². The molecule has 0 radical (unpaired) electrons. The van der Waals surface area contributed by atoms with E-state index in [-0.39, 0.29) is 17.6 Å². The van der Waals surface area contributed by atoms with Crippen molar-refractivity contribution in [3.8, 4) is 16.9 Å². The molecule has 1 aliphatic rings. The Balaban J connectivity index is 1.68. The van der Waals surface area contributed by atoms with Crippen molar-refractivity contribution >= 4 is 22.5 Å². The number of anilines is 1. The van der Waals surface area contributed by atoms with Crippen LogP contribution in [0, 0.1) is 5.92 Å². The summed E-state index contributed by atoms with van der Waals surface area (Å²) in [5.41, 5.74) is 3.60. The van der Waals surface area contributed by atoms with Crippen molar-refractivity contribution in [3.63, 3.8) is 0 Å². The molecule has 4 rings (SSSR count). The molecule has 0 saturated heterocycles. The topological polar surface area (TPSA) is 78.0 Å². The number of carbonyl (C=O) groups is 1. The Kier molecular flexibility index (Phi) is 4.14. The summed E-state index contributed by atoms with van der Waals surface area (Å²) in [6, 6.07) is 11.0. The lowest BCUT2D eigenvalue weighted by Crippen LogP contribution is -2.24. The average Bonchev–Trinajstić information content (AvgIpc) is 3.12. The summed E-state index contributed by atoms with van der Waals surface area (Å²) < 4.78 is 0. The van der Waals surface area contributed by atoms with E-state index in [1.807, 2.05) is 24.3 Å². The van der Waals surface area contributed by atoms with Gasteiger partial charge in [0.1, 0.15) is 5.75 Å². The number of benzene rings is 2. The van der Waals surface area contributed by atoms with Crippen LogP contribution >= 0.6 is 0 Å². The zero-order valence-corrected chi connectivity index (χ0v) is 14.0. The van der Waals surface area contributed by atoms with Crippen LogP contribution in [0.25, 0.3) is 22.0 Å². The van der Waals surface area contributed by atoms with E-state index in [0.29, 0.717) is 0 Å². The molecule has 0 bridgehead atoms. The Morgan fingerprint density at radius 3 is 2.60 bits per heavy atom. The second-order valence-electron chi connectivity index (χ2n) is 6.73. The number of aromatic nitrogens is 2. The van der Waals surface area contributed by atoms with Crippen molar-refractivity contribution in [2.75, 3.05) is 5.32 Å². The van der Waals surface area contributed by atoms with Crippen molar-refractivity contribution in [1.82, 2.24) is 10.2 Å². The van der Waals surface area contributed by atoms with Gasteiger partial charge in [0.2, 0.25) is 5.91 Å². The van der Waals surface area contributed by atoms with Crippen molar-refractivity contribution in [1.29, 1.82) is 0 Å². The maximum atomic E-state index is 12.7. The fraction of sp³-hybridized carbons (Fsp3) is 0.300. The van der Waals surface area contributed by atoms with Gasteiger partial charge in [-0.3, -0.25) is 9.89 Å². The van der Waals surface area contributed by atoms with Gasteiger partial charge in [-0.05, 0) is 48.2 Å². The predicted molar refractivity (Wildman–Crippen MR) is 98.4 cm³/mol. The van der Waals surface area contributed by atoms with Crippen LogP contribution in [0.15, 0.2) is 42.6 Å². The van der Waals surface area contributed by atoms with E-state index in [4.69, 9.17) is 0 Å². The first kappa shape index (κ1) is 15.7. The number of hydrogen-bond donors (Lipinski definition) is 3. The summed E-state index contributed by atoms with van der Waals surface area (Å²) in [7, 11) is 0. The summed E-state index contributed by atoms with van der Waals surface area (Å²) in [5.74, 6) is 0.440. The number of nitrogens with zero attached hydrogens (tertiary/aromatic N) is 1. The van der Waals surface area contributed by atoms with Gasteiger partial charge in [-0.1, -0.05) is 31.4 Å². The van der Waals surface area contributed by atoms with E-state index in [1.165, 1.54) is 6.42 Å². The number of phenols is 1. The van der Waals surface area contributed by atoms with E-state index in [2.05, 4.69) is 15.5 Å². The summed E-state index contributed by atoms with van der Waals surface area (Å²) in [4.78, 5) is 12.7. The zero-order valence-electron chi connectivity index (χ0n) is 14.0. The third-order valence-electron chi connectivity index (χ3n) is 4.99. The molecule has 1 aromatic heterocycles. The van der Waals surface area contributed by atoms with Crippen molar-refractivity contribution in [2.24, 2.45) is 5.92 Å². The summed E-state index contributed by atoms with van der Waals surface area (Å²) in [5, 5.41) is 20.6. The van der Waals surface area contributed by atoms with Crippen LogP contribution in [-0.4, -0.2) is 21.2 Å². The molecular formula is C20H21N3O2. The van der Waals surface area contributed by atoms with Crippen molar-refractivity contribution in [2.45, 2.75) is 32.1 Å². The molecule has 3 aromatic rings. The first-order valence-electron chi connectivity index (χ1n) is 8.78. The number of phenolic OH excluding ortho intramolecular Hbond substituents is 1. The molecule has 1 saturated carbocycles. The van der Waals surface area contributed by atoms with Crippen LogP contribution in [0.5, 0.6) is 5.75 Å². The van der Waals surface area contributed by atoms with Crippen LogP contribution in [-0.2, 0) is 4.79 Å². The molecule has 1 heterocycles. The van der Waals surface area contributed by atoms with E-state index in [9.17, 15) is 9.90 Å². The molecule has 0 unspecified atom stereocenters. The normalized spacial score (nSPS) is 15.4. The summed E-state index contributed by atoms with van der Waals surface area (Å²) in [6.07, 6.45) is 7.17. The highest BCUT2D eigenvalue weighted by Crippen LogP contribution is 2.32. The number of aromatic amines is 1. The number of nitrogens with one attached hydrogen (secondary N) is 2. The highest BCUT2D eigenvalue weighted by molar-refractivity contribution is 6.03. The Morgan fingerprint density at radius 2 is 1.84 bits per heavy atom. The van der Waals surface area contributed by atoms with E-state index >= 15 is 0 Å². The smallest absolute Gasteiger partial charge is 0.227 e. The fourth-order valence-electron chi connectivity index (χ4n) is 3.57. The fourth-order valence-corrected chi connectivity index (χ4v) is 3.57. The second kappa shape index (κ2) is 6.59. The molecule has 1 fully saturated rings. The van der Waals surface area contributed by atoms with E-state index < -0.39 is 0 Å². The van der Waals surface area contributed by atoms with Crippen molar-refractivity contribution in [3.05, 3.63) is 42.6 Å². The van der Waals surface area contributed by atoms with Crippen LogP contribution in [0.1, 0.15) is 32.1 Å². The van der Waals surface area contributed by atoms with Crippen LogP contribution in [0.3, 0.4) is 0 Å². The van der Waals surface area contributed by atoms with Gasteiger partial charge >= 0.3 is 0 Å². The number of fused-ring (bicyclic) bond motifs is 1. The molecule has 5 heteroatoms. The number of carbonyl (C=O) groups excluding carboxylic acids is 1. The number of hydrogen-bond acceptors (Lipinski definition) is 3. The van der Waals surface area contributed by atoms with Gasteiger partial charge < -0.3 is 10.4 Å². The van der Waals surface area contributed by atoms with Gasteiger partial charge in [-0.25, -0.2) is 0 Å². The lowest BCUT2D eigenvalue weighted by Gasteiger charge is -2.21. The first-order chi connectivity index (χ1) is 12.2. The SMILES string of the molecule is O=C(Nc1cc(-c2ccc(O)cc2)cc2[nH]ncc12)C1CCCCC1. The minimum absolute atomic E-state index is 0.102. The lowest BCUT2D eigenvalue weighted by molar-refractivity contribution is -0.120. The molecule has 1 amide bonds. The first-order valence-corrected chi connectivity index (χ1v) is 8.78. The molecule has 3 N–H and O–H groups in total. The average molecular weight is 335 g/mol. The number of H-pyrrole nitrogens is 1. The Bertz CT molecular complexity index is 893. The molecule has 0 spiro atoms. The lowest BCUT2D eigenvalue weighted by atomic mass is 9.88. The largest absolute Gasteiger partial charge is 0.508 e. The quantitative estimate of drug-likeness (QED) is 0.661. The maximum absolute atomic E-state index is 12.7. The van der Waals surface area contributed by atoms with E-state index in [0.717, 1.165) is 53.4 Å². The second-order valence-corrected chi connectivity index (χ2v) is 6.73. The van der Waals surface area contributed by atoms with Crippen LogP contribution in [0.4, 0.5) is 5.69 Å². The van der Waals surface area contributed by atoms with Gasteiger partial charge in [0.15, 0.2) is 0 Å². The number of aromatic hydroxyl groups is 1. The monoisotopic (exact) mass is 335 g/mol. The van der Waals surface area contributed by atoms with Gasteiger partial charge in [0, 0.05) is 11.3 Å².